The summed E-state index contributed by atoms with van der Waals surface area (Å²) in [5, 5.41) is 0. The van der Waals surface area contributed by atoms with Crippen molar-refractivity contribution in [1.82, 2.24) is 0 Å². The quantitative estimate of drug-likeness (QED) is 0.0195. The van der Waals surface area contributed by atoms with E-state index >= 15 is 0 Å². The van der Waals surface area contributed by atoms with Crippen LogP contribution in [-0.4, -0.2) is 70.0 Å². The molecule has 0 radical (unpaired) electrons. The van der Waals surface area contributed by atoms with Crippen LogP contribution in [0, 0.1) is 0 Å². The summed E-state index contributed by atoms with van der Waals surface area (Å²) in [5.41, 5.74) is 0. The monoisotopic (exact) mass is 1090 g/mol. The van der Waals surface area contributed by atoms with Crippen molar-refractivity contribution in [2.45, 2.75) is 290 Å². The third-order valence-electron chi connectivity index (χ3n) is 13.7. The fraction of sp³-hybridized carbons (Fsp3) is 0.788. The second kappa shape index (κ2) is 57.1. The van der Waals surface area contributed by atoms with E-state index in [0.29, 0.717) is 17.4 Å². The smallest absolute Gasteiger partial charge is 0.306 e. The molecule has 0 aliphatic heterocycles. The lowest BCUT2D eigenvalue weighted by Gasteiger charge is -2.28. The van der Waals surface area contributed by atoms with Gasteiger partial charge in [0.1, 0.15) is 19.8 Å². The summed E-state index contributed by atoms with van der Waals surface area (Å²) in [6.45, 7) is 4.16. The maximum atomic E-state index is 12.8. The Labute approximate surface area is 469 Å². The number of phosphoric ester groups is 1. The summed E-state index contributed by atoms with van der Waals surface area (Å²) in [6, 6.07) is 0. The van der Waals surface area contributed by atoms with E-state index in [0.717, 1.165) is 77.0 Å². The Hall–Kier alpha value is -2.55. The van der Waals surface area contributed by atoms with Gasteiger partial charge >= 0.3 is 11.9 Å². The largest absolute Gasteiger partial charge is 0.756 e. The molecule has 0 aromatic heterocycles. The van der Waals surface area contributed by atoms with Crippen LogP contribution in [0.4, 0.5) is 0 Å². The van der Waals surface area contributed by atoms with E-state index in [1.54, 1.807) is 0 Å². The first-order valence-corrected chi connectivity index (χ1v) is 33.1. The number of quaternary nitrogens is 1. The minimum Gasteiger partial charge on any atom is -0.756 e. The zero-order chi connectivity index (χ0) is 55.6. The molecular formula is C66H120NO8P. The summed E-state index contributed by atoms with van der Waals surface area (Å²) < 4.78 is 34.2. The topological polar surface area (TPSA) is 111 Å². The summed E-state index contributed by atoms with van der Waals surface area (Å²) in [4.78, 5) is 38.0. The molecule has 0 fully saturated rings. The summed E-state index contributed by atoms with van der Waals surface area (Å²) in [7, 11) is 1.17. The van der Waals surface area contributed by atoms with Crippen LogP contribution >= 0.6 is 7.82 Å². The minimum atomic E-state index is -4.64. The number of carbonyl (C=O) groups excluding carboxylic acids is 2. The van der Waals surface area contributed by atoms with Gasteiger partial charge in [-0.05, 0) is 64.2 Å². The number of phosphoric acid groups is 1. The van der Waals surface area contributed by atoms with Gasteiger partial charge in [0.25, 0.3) is 7.82 Å². The predicted molar refractivity (Wildman–Crippen MR) is 323 cm³/mol. The summed E-state index contributed by atoms with van der Waals surface area (Å²) in [6.07, 6.45) is 75.3. The van der Waals surface area contributed by atoms with Crippen LogP contribution < -0.4 is 4.89 Å². The first-order valence-electron chi connectivity index (χ1n) is 31.6. The number of esters is 2. The standard InChI is InChI=1S/C66H120NO8P/c1-6-8-10-12-14-16-18-20-22-24-26-28-29-30-31-32-33-34-35-36-37-39-41-43-45-47-49-51-53-55-57-59-66(69)75-64(63-74-76(70,71)73-61-60-67(3,4)5)62-72-65(68)58-56-54-52-50-48-46-44-42-40-38-27-25-23-21-19-17-15-13-11-9-7-2/h8,10,14,16,20,22,26,28,30-31,33-34,64H,6-7,9,11-13,15,17-19,21,23-25,27,29,32,35-63H2,1-5H3/b10-8-,16-14-,22-20-,28-26-,31-30-,34-33-. The number of unbranched alkanes of at least 4 members (excludes halogenated alkanes) is 32. The fourth-order valence-electron chi connectivity index (χ4n) is 8.90. The highest BCUT2D eigenvalue weighted by atomic mass is 31.2. The van der Waals surface area contributed by atoms with Crippen molar-refractivity contribution >= 4 is 19.8 Å². The van der Waals surface area contributed by atoms with Gasteiger partial charge in [-0.3, -0.25) is 14.2 Å². The molecule has 0 heterocycles. The Kier molecular flexibility index (Phi) is 55.2. The second-order valence-corrected chi connectivity index (χ2v) is 23.8. The van der Waals surface area contributed by atoms with Crippen LogP contribution in [0.5, 0.6) is 0 Å². The number of carbonyl (C=O) groups is 2. The van der Waals surface area contributed by atoms with Gasteiger partial charge in [0.15, 0.2) is 6.10 Å². The number of hydrogen-bond donors (Lipinski definition) is 0. The Morgan fingerprint density at radius 3 is 1.12 bits per heavy atom. The zero-order valence-electron chi connectivity index (χ0n) is 50.2. The van der Waals surface area contributed by atoms with E-state index in [4.69, 9.17) is 18.5 Å². The van der Waals surface area contributed by atoms with Crippen LogP contribution in [0.25, 0.3) is 0 Å². The van der Waals surface area contributed by atoms with Gasteiger partial charge in [0, 0.05) is 12.8 Å². The Balaban J connectivity index is 4.10. The molecule has 0 aliphatic rings. The highest BCUT2D eigenvalue weighted by molar-refractivity contribution is 7.45. The number of likely N-dealkylation sites (N-methyl/N-ethyl adjacent to an activating group) is 1. The molecule has 0 aromatic rings. The number of allylic oxidation sites excluding steroid dienone is 12. The molecule has 0 spiro atoms. The van der Waals surface area contributed by atoms with Crippen LogP contribution in [-0.2, 0) is 32.7 Å². The number of nitrogens with zero attached hydrogens (tertiary/aromatic N) is 1. The minimum absolute atomic E-state index is 0.0317. The zero-order valence-corrected chi connectivity index (χ0v) is 51.1. The van der Waals surface area contributed by atoms with E-state index in [9.17, 15) is 19.0 Å². The van der Waals surface area contributed by atoms with Gasteiger partial charge in [-0.2, -0.15) is 0 Å². The molecule has 0 N–H and O–H groups in total. The first kappa shape index (κ1) is 73.5. The number of hydrogen-bond acceptors (Lipinski definition) is 8. The van der Waals surface area contributed by atoms with Crippen molar-refractivity contribution in [3.63, 3.8) is 0 Å². The Bertz CT molecular complexity index is 1510. The van der Waals surface area contributed by atoms with Gasteiger partial charge in [0.05, 0.1) is 27.7 Å². The van der Waals surface area contributed by atoms with Crippen LogP contribution in [0.2, 0.25) is 0 Å². The highest BCUT2D eigenvalue weighted by Gasteiger charge is 2.22. The summed E-state index contributed by atoms with van der Waals surface area (Å²) in [5.74, 6) is -0.825. The average Bonchev–Trinajstić information content (AvgIpc) is 3.38. The molecule has 9 nitrogen and oxygen atoms in total. The number of ether oxygens (including phenoxy) is 2. The number of rotatable bonds is 58. The third kappa shape index (κ3) is 60.7. The molecule has 0 aromatic carbocycles. The second-order valence-electron chi connectivity index (χ2n) is 22.4. The first-order chi connectivity index (χ1) is 37.0. The summed E-state index contributed by atoms with van der Waals surface area (Å²) >= 11 is 0. The van der Waals surface area contributed by atoms with Crippen LogP contribution in [0.3, 0.4) is 0 Å². The molecule has 0 bridgehead atoms. The molecule has 2 atom stereocenters. The van der Waals surface area contributed by atoms with Gasteiger partial charge in [-0.15, -0.1) is 0 Å². The maximum Gasteiger partial charge on any atom is 0.306 e. The fourth-order valence-corrected chi connectivity index (χ4v) is 9.63. The third-order valence-corrected chi connectivity index (χ3v) is 14.7. The van der Waals surface area contributed by atoms with E-state index in [1.165, 1.54) is 173 Å². The predicted octanol–water partition coefficient (Wildman–Crippen LogP) is 19.4. The molecule has 0 amide bonds. The Morgan fingerprint density at radius 1 is 0.421 bits per heavy atom. The SMILES string of the molecule is CC/C=C\C/C=C\C/C=C\C/C=C\C/C=C\C/C=C\CCCCCCCCCCCCCCC(=O)OC(COC(=O)CCCCCCCCCCCCCCCCCCCCCCC)COP(=O)([O-])OCC[N+](C)(C)C. The van der Waals surface area contributed by atoms with Crippen molar-refractivity contribution < 1.29 is 42.1 Å². The van der Waals surface area contributed by atoms with Crippen molar-refractivity contribution in [3.05, 3.63) is 72.9 Å². The van der Waals surface area contributed by atoms with E-state index < -0.39 is 26.5 Å². The van der Waals surface area contributed by atoms with Gasteiger partial charge < -0.3 is 27.9 Å². The molecule has 76 heavy (non-hydrogen) atoms. The molecule has 0 saturated carbocycles. The lowest BCUT2D eigenvalue weighted by Crippen LogP contribution is -2.37. The lowest BCUT2D eigenvalue weighted by atomic mass is 10.0. The van der Waals surface area contributed by atoms with Gasteiger partial charge in [0.2, 0.25) is 0 Å². The maximum absolute atomic E-state index is 12.8. The molecule has 0 aliphatic carbocycles. The molecule has 2 unspecified atom stereocenters. The Morgan fingerprint density at radius 2 is 0.750 bits per heavy atom. The van der Waals surface area contributed by atoms with Gasteiger partial charge in [-0.1, -0.05) is 279 Å². The van der Waals surface area contributed by atoms with E-state index in [1.807, 2.05) is 21.1 Å². The molecular weight excluding hydrogens is 966 g/mol. The average molecular weight is 1090 g/mol. The molecule has 0 saturated heterocycles. The van der Waals surface area contributed by atoms with Crippen LogP contribution in [0.15, 0.2) is 72.9 Å². The molecule has 442 valence electrons. The van der Waals surface area contributed by atoms with E-state index in [-0.39, 0.29) is 32.0 Å². The van der Waals surface area contributed by atoms with E-state index in [2.05, 4.69) is 86.8 Å². The van der Waals surface area contributed by atoms with Crippen molar-refractivity contribution in [2.24, 2.45) is 0 Å². The van der Waals surface area contributed by atoms with Crippen molar-refractivity contribution in [1.29, 1.82) is 0 Å². The molecule has 0 rings (SSSR count). The van der Waals surface area contributed by atoms with Crippen molar-refractivity contribution in [3.8, 4) is 0 Å². The highest BCUT2D eigenvalue weighted by Crippen LogP contribution is 2.38. The van der Waals surface area contributed by atoms with Crippen molar-refractivity contribution in [2.75, 3.05) is 47.5 Å². The lowest BCUT2D eigenvalue weighted by molar-refractivity contribution is -0.870. The molecule has 10 heteroatoms. The van der Waals surface area contributed by atoms with Crippen LogP contribution in [0.1, 0.15) is 284 Å². The normalized spacial score (nSPS) is 13.7. The van der Waals surface area contributed by atoms with Gasteiger partial charge in [-0.25, -0.2) is 0 Å².